The predicted octanol–water partition coefficient (Wildman–Crippen LogP) is 5.82. The third-order valence-electron chi connectivity index (χ3n) is 6.09. The van der Waals surface area contributed by atoms with Gasteiger partial charge in [0.05, 0.1) is 22.5 Å². The van der Waals surface area contributed by atoms with Gasteiger partial charge < -0.3 is 10.2 Å². The first-order valence-corrected chi connectivity index (χ1v) is 14.9. The van der Waals surface area contributed by atoms with Crippen molar-refractivity contribution in [2.45, 2.75) is 25.2 Å². The number of nitrogens with one attached hydrogen (secondary N) is 1. The molecule has 0 aliphatic carbocycles. The molecule has 0 heterocycles. The van der Waals surface area contributed by atoms with Crippen LogP contribution in [0.1, 0.15) is 16.7 Å². The first kappa shape index (κ1) is 32.5. The largest absolute Gasteiger partial charge is 0.416 e. The van der Waals surface area contributed by atoms with Crippen LogP contribution in [-0.4, -0.2) is 51.0 Å². The van der Waals surface area contributed by atoms with Gasteiger partial charge in [-0.3, -0.25) is 13.9 Å². The Hall–Kier alpha value is -2.99. The number of sulfonamides is 1. The molecule has 3 aromatic carbocycles. The predicted molar refractivity (Wildman–Crippen MR) is 154 cm³/mol. The average Bonchev–Trinajstić information content (AvgIpc) is 2.89. The highest BCUT2D eigenvalue weighted by Crippen LogP contribution is 2.36. The molecule has 0 saturated heterocycles. The monoisotopic (exact) mass is 649 g/mol. The summed E-state index contributed by atoms with van der Waals surface area (Å²) < 4.78 is 66.4. The normalized spacial score (nSPS) is 12.5. The van der Waals surface area contributed by atoms with E-state index in [4.69, 9.17) is 34.8 Å². The number of benzene rings is 3. The topological polar surface area (TPSA) is 86.8 Å². The molecule has 41 heavy (non-hydrogen) atoms. The van der Waals surface area contributed by atoms with Crippen LogP contribution in [0.5, 0.6) is 0 Å². The number of alkyl halides is 3. The molecule has 0 fully saturated rings. The molecule has 0 radical (unpaired) electrons. The molecule has 0 aliphatic rings. The Morgan fingerprint density at radius 2 is 1.61 bits per heavy atom. The van der Waals surface area contributed by atoms with Crippen LogP contribution >= 0.6 is 34.8 Å². The minimum Gasteiger partial charge on any atom is -0.357 e. The zero-order valence-corrected chi connectivity index (χ0v) is 24.8. The summed E-state index contributed by atoms with van der Waals surface area (Å²) in [6, 6.07) is 14.3. The number of hydrogen-bond acceptors (Lipinski definition) is 4. The van der Waals surface area contributed by atoms with Gasteiger partial charge in [0.15, 0.2) is 0 Å². The molecule has 0 bridgehead atoms. The van der Waals surface area contributed by atoms with Gasteiger partial charge in [-0.15, -0.1) is 0 Å². The zero-order chi connectivity index (χ0) is 30.5. The maximum absolute atomic E-state index is 13.9. The minimum absolute atomic E-state index is 0.0423. The lowest BCUT2D eigenvalue weighted by Crippen LogP contribution is -2.53. The lowest BCUT2D eigenvalue weighted by molar-refractivity contribution is -0.139. The summed E-state index contributed by atoms with van der Waals surface area (Å²) in [6.07, 6.45) is -4.03. The molecule has 0 spiro atoms. The first-order valence-electron chi connectivity index (χ1n) is 11.9. The fraction of sp³-hybridized carbons (Fsp3) is 0.259. The average molecular weight is 651 g/mol. The van der Waals surface area contributed by atoms with Gasteiger partial charge >= 0.3 is 6.18 Å². The Labute approximate surface area is 250 Å². The van der Waals surface area contributed by atoms with E-state index in [1.807, 2.05) is 0 Å². The Bertz CT molecular complexity index is 1520. The molecule has 2 amide bonds. The van der Waals surface area contributed by atoms with Crippen LogP contribution in [0.2, 0.25) is 15.1 Å². The molecule has 3 aromatic rings. The standard InChI is InChI=1S/C27H25Cl3F3N3O4S/c1-34-26(38)24(12-17-6-4-3-5-7-17)35(15-18-8-10-20(28)14-22(18)30)25(37)16-36(41(2,39)40)23-13-19(27(31,32)33)9-11-21(23)29/h3-11,13-14,24H,12,15-16H2,1-2H3,(H,34,38)/t24-/m1/s1. The third kappa shape index (κ3) is 8.51. The van der Waals surface area contributed by atoms with Crippen LogP contribution in [0.15, 0.2) is 66.7 Å². The maximum atomic E-state index is 13.9. The SMILES string of the molecule is CNC(=O)[C@@H](Cc1ccccc1)N(Cc1ccc(Cl)cc1Cl)C(=O)CN(c1cc(C(F)(F)F)ccc1Cl)S(C)(=O)=O. The summed E-state index contributed by atoms with van der Waals surface area (Å²) in [5.41, 5.74) is -0.604. The van der Waals surface area contributed by atoms with Gasteiger partial charge in [0, 0.05) is 30.1 Å². The van der Waals surface area contributed by atoms with Crippen molar-refractivity contribution in [1.29, 1.82) is 0 Å². The molecule has 14 heteroatoms. The number of likely N-dealkylation sites (N-methyl/N-ethyl adjacent to an activating group) is 1. The quantitative estimate of drug-likeness (QED) is 0.300. The molecule has 7 nitrogen and oxygen atoms in total. The lowest BCUT2D eigenvalue weighted by Gasteiger charge is -2.33. The van der Waals surface area contributed by atoms with Crippen molar-refractivity contribution < 1.29 is 31.2 Å². The number of anilines is 1. The van der Waals surface area contributed by atoms with Crippen molar-refractivity contribution in [3.05, 3.63) is 98.5 Å². The van der Waals surface area contributed by atoms with E-state index in [1.165, 1.54) is 19.2 Å². The fourth-order valence-corrected chi connectivity index (χ4v) is 5.62. The van der Waals surface area contributed by atoms with E-state index in [9.17, 15) is 31.2 Å². The van der Waals surface area contributed by atoms with Crippen molar-refractivity contribution in [2.75, 3.05) is 24.2 Å². The van der Waals surface area contributed by atoms with E-state index >= 15 is 0 Å². The smallest absolute Gasteiger partial charge is 0.357 e. The van der Waals surface area contributed by atoms with E-state index in [-0.39, 0.29) is 23.0 Å². The number of hydrogen-bond donors (Lipinski definition) is 1. The molecule has 0 aliphatic heterocycles. The Morgan fingerprint density at radius 3 is 2.17 bits per heavy atom. The summed E-state index contributed by atoms with van der Waals surface area (Å²) in [4.78, 5) is 28.1. The number of carbonyl (C=O) groups excluding carboxylic acids is 2. The summed E-state index contributed by atoms with van der Waals surface area (Å²) in [7, 11) is -2.96. The van der Waals surface area contributed by atoms with Crippen LogP contribution < -0.4 is 9.62 Å². The molecular formula is C27H25Cl3F3N3O4S. The van der Waals surface area contributed by atoms with Crippen LogP contribution in [0.25, 0.3) is 0 Å². The summed E-state index contributed by atoms with van der Waals surface area (Å²) in [6.45, 7) is -1.19. The van der Waals surface area contributed by atoms with Gasteiger partial charge in [-0.2, -0.15) is 13.2 Å². The molecule has 1 N–H and O–H groups in total. The second kappa shape index (κ2) is 13.3. The highest BCUT2D eigenvalue weighted by atomic mass is 35.5. The highest BCUT2D eigenvalue weighted by Gasteiger charge is 2.35. The van der Waals surface area contributed by atoms with Gasteiger partial charge in [0.25, 0.3) is 0 Å². The van der Waals surface area contributed by atoms with Crippen LogP contribution in [0.3, 0.4) is 0 Å². The fourth-order valence-electron chi connectivity index (χ4n) is 4.03. The van der Waals surface area contributed by atoms with Gasteiger partial charge in [0.1, 0.15) is 12.6 Å². The molecule has 0 unspecified atom stereocenters. The molecule has 220 valence electrons. The molecular weight excluding hydrogens is 626 g/mol. The summed E-state index contributed by atoms with van der Waals surface area (Å²) >= 11 is 18.5. The van der Waals surface area contributed by atoms with Gasteiger partial charge in [-0.25, -0.2) is 8.42 Å². The van der Waals surface area contributed by atoms with E-state index in [2.05, 4.69) is 5.32 Å². The maximum Gasteiger partial charge on any atom is 0.416 e. The van der Waals surface area contributed by atoms with Crippen molar-refractivity contribution in [2.24, 2.45) is 0 Å². The van der Waals surface area contributed by atoms with E-state index < -0.39 is 51.9 Å². The highest BCUT2D eigenvalue weighted by molar-refractivity contribution is 7.92. The van der Waals surface area contributed by atoms with E-state index in [0.29, 0.717) is 32.6 Å². The molecule has 0 aromatic heterocycles. The molecule has 3 rings (SSSR count). The van der Waals surface area contributed by atoms with E-state index in [1.54, 1.807) is 36.4 Å². The van der Waals surface area contributed by atoms with Gasteiger partial charge in [-0.1, -0.05) is 71.2 Å². The summed E-state index contributed by atoms with van der Waals surface area (Å²) in [5, 5.41) is 2.70. The van der Waals surface area contributed by atoms with Crippen molar-refractivity contribution in [3.8, 4) is 0 Å². The van der Waals surface area contributed by atoms with Gasteiger partial charge in [0.2, 0.25) is 21.8 Å². The van der Waals surface area contributed by atoms with Crippen LogP contribution in [0, 0.1) is 0 Å². The first-order chi connectivity index (χ1) is 19.1. The van der Waals surface area contributed by atoms with Crippen molar-refractivity contribution in [3.63, 3.8) is 0 Å². The van der Waals surface area contributed by atoms with E-state index in [0.717, 1.165) is 17.2 Å². The number of carbonyl (C=O) groups is 2. The second-order valence-electron chi connectivity index (χ2n) is 9.01. The number of halogens is 6. The summed E-state index contributed by atoms with van der Waals surface area (Å²) in [5.74, 6) is -1.45. The number of rotatable bonds is 10. The number of amides is 2. The van der Waals surface area contributed by atoms with Gasteiger partial charge in [-0.05, 0) is 41.5 Å². The molecule has 0 saturated carbocycles. The minimum atomic E-state index is -4.80. The Morgan fingerprint density at radius 1 is 0.951 bits per heavy atom. The molecule has 1 atom stereocenters. The Balaban J connectivity index is 2.11. The Kier molecular flexibility index (Phi) is 10.6. The zero-order valence-electron chi connectivity index (χ0n) is 21.8. The third-order valence-corrected chi connectivity index (χ3v) is 8.13. The van der Waals surface area contributed by atoms with Crippen LogP contribution in [-0.2, 0) is 38.8 Å². The van der Waals surface area contributed by atoms with Crippen molar-refractivity contribution >= 4 is 62.3 Å². The number of nitrogens with zero attached hydrogens (tertiary/aromatic N) is 2. The lowest BCUT2D eigenvalue weighted by atomic mass is 10.0. The second-order valence-corrected chi connectivity index (χ2v) is 12.2. The van der Waals surface area contributed by atoms with Crippen LogP contribution in [0.4, 0.5) is 18.9 Å². The van der Waals surface area contributed by atoms with Crippen molar-refractivity contribution in [1.82, 2.24) is 10.2 Å².